The van der Waals surface area contributed by atoms with Crippen LogP contribution >= 0.6 is 15.6 Å². The van der Waals surface area contributed by atoms with Crippen LogP contribution in [-0.4, -0.2) is 96.7 Å². The fourth-order valence-electron chi connectivity index (χ4n) is 10.4. The fraction of sp³-hybridized carbons (Fsp3) is 0.943. The van der Waals surface area contributed by atoms with Crippen molar-refractivity contribution < 1.29 is 80.2 Å². The first-order chi connectivity index (χ1) is 42.7. The van der Waals surface area contributed by atoms with Crippen molar-refractivity contribution in [3.05, 3.63) is 0 Å². The predicted octanol–water partition coefficient (Wildman–Crippen LogP) is 19.7. The molecule has 0 aromatic heterocycles. The zero-order valence-electron chi connectivity index (χ0n) is 58.1. The normalized spacial score (nSPS) is 14.9. The lowest BCUT2D eigenvalue weighted by atomic mass is 9.99. The summed E-state index contributed by atoms with van der Waals surface area (Å²) in [5.41, 5.74) is 0. The Bertz CT molecular complexity index is 1770. The van der Waals surface area contributed by atoms with Crippen molar-refractivity contribution in [2.75, 3.05) is 39.6 Å². The van der Waals surface area contributed by atoms with Crippen LogP contribution in [0.25, 0.3) is 0 Å². The first-order valence-electron chi connectivity index (χ1n) is 36.3. The molecule has 89 heavy (non-hydrogen) atoms. The molecule has 19 heteroatoms. The first-order valence-corrected chi connectivity index (χ1v) is 39.3. The molecule has 0 aliphatic heterocycles. The van der Waals surface area contributed by atoms with Crippen molar-refractivity contribution >= 4 is 39.5 Å². The van der Waals surface area contributed by atoms with Crippen molar-refractivity contribution in [2.24, 2.45) is 23.7 Å². The molecule has 0 spiro atoms. The molecule has 4 unspecified atom stereocenters. The lowest BCUT2D eigenvalue weighted by molar-refractivity contribution is -0.161. The molecule has 17 nitrogen and oxygen atoms in total. The van der Waals surface area contributed by atoms with E-state index in [1.54, 1.807) is 0 Å². The monoisotopic (exact) mass is 1310 g/mol. The number of carbonyl (C=O) groups excluding carboxylic acids is 4. The van der Waals surface area contributed by atoms with Crippen LogP contribution < -0.4 is 0 Å². The van der Waals surface area contributed by atoms with Gasteiger partial charge in [-0.2, -0.15) is 0 Å². The number of hydrogen-bond donors (Lipinski definition) is 3. The van der Waals surface area contributed by atoms with E-state index in [0.717, 1.165) is 114 Å². The second-order valence-corrected chi connectivity index (χ2v) is 29.6. The standard InChI is InChI=1S/C70H136O17P2/c1-9-62(7)48-40-32-23-17-14-15-18-25-34-42-50-67(72)80-56-65(87-70(75)53-45-37-27-21-20-24-33-41-49-63(8)10-2)58-84-88(76,77)82-54-64(71)55-83-89(78,79)85-59-66(57-81-68(73)51-43-35-29-28-31-39-47-61(5)6)86-69(74)52-44-36-26-19-13-11-12-16-22-30-38-46-60(3)4/h60-66,71H,9-59H2,1-8H3,(H,76,77)(H,78,79)/t62?,63?,64-,65-,66-/m1/s1. The zero-order chi connectivity index (χ0) is 66.1. The molecule has 3 N–H and O–H groups in total. The van der Waals surface area contributed by atoms with Crippen molar-refractivity contribution in [2.45, 2.75) is 363 Å². The van der Waals surface area contributed by atoms with E-state index in [-0.39, 0.29) is 25.7 Å². The number of carbonyl (C=O) groups is 4. The molecule has 0 aromatic rings. The first kappa shape index (κ1) is 87.1. The third-order valence-corrected chi connectivity index (χ3v) is 18.7. The van der Waals surface area contributed by atoms with E-state index in [0.29, 0.717) is 31.6 Å². The Morgan fingerprint density at radius 1 is 0.315 bits per heavy atom. The Hall–Kier alpha value is -1.94. The molecule has 0 bridgehead atoms. The van der Waals surface area contributed by atoms with Gasteiger partial charge in [0.05, 0.1) is 26.4 Å². The van der Waals surface area contributed by atoms with Crippen LogP contribution in [-0.2, 0) is 65.4 Å². The quantitative estimate of drug-likeness (QED) is 0.0222. The number of hydrogen-bond acceptors (Lipinski definition) is 15. The second-order valence-electron chi connectivity index (χ2n) is 26.7. The summed E-state index contributed by atoms with van der Waals surface area (Å²) in [5, 5.41) is 10.6. The lowest BCUT2D eigenvalue weighted by Gasteiger charge is -2.21. The minimum Gasteiger partial charge on any atom is -0.462 e. The molecule has 0 amide bonds. The lowest BCUT2D eigenvalue weighted by Crippen LogP contribution is -2.30. The smallest absolute Gasteiger partial charge is 0.462 e. The van der Waals surface area contributed by atoms with Gasteiger partial charge in [-0.1, -0.05) is 293 Å². The van der Waals surface area contributed by atoms with Crippen molar-refractivity contribution in [3.63, 3.8) is 0 Å². The molecular formula is C70H136O17P2. The van der Waals surface area contributed by atoms with Crippen LogP contribution in [0.5, 0.6) is 0 Å². The van der Waals surface area contributed by atoms with Crippen LogP contribution in [0, 0.1) is 23.7 Å². The van der Waals surface area contributed by atoms with Crippen molar-refractivity contribution in [3.8, 4) is 0 Å². The molecule has 0 saturated carbocycles. The van der Waals surface area contributed by atoms with Crippen molar-refractivity contribution in [1.29, 1.82) is 0 Å². The van der Waals surface area contributed by atoms with Crippen LogP contribution in [0.2, 0.25) is 0 Å². The van der Waals surface area contributed by atoms with Crippen molar-refractivity contribution in [1.82, 2.24) is 0 Å². The molecule has 0 radical (unpaired) electrons. The van der Waals surface area contributed by atoms with Crippen LogP contribution in [0.1, 0.15) is 344 Å². The van der Waals surface area contributed by atoms with Gasteiger partial charge in [0.15, 0.2) is 12.2 Å². The molecule has 0 heterocycles. The Morgan fingerprint density at radius 3 is 0.798 bits per heavy atom. The number of aliphatic hydroxyl groups excluding tert-OH is 1. The average molecular weight is 1310 g/mol. The highest BCUT2D eigenvalue weighted by molar-refractivity contribution is 7.47. The fourth-order valence-corrected chi connectivity index (χ4v) is 12.0. The number of aliphatic hydroxyl groups is 1. The van der Waals surface area contributed by atoms with E-state index < -0.39 is 97.5 Å². The molecule has 0 saturated heterocycles. The predicted molar refractivity (Wildman–Crippen MR) is 358 cm³/mol. The molecule has 0 aromatic carbocycles. The van der Waals surface area contributed by atoms with Gasteiger partial charge in [-0.3, -0.25) is 37.3 Å². The number of rotatable bonds is 67. The summed E-state index contributed by atoms with van der Waals surface area (Å²) in [6, 6.07) is 0. The topological polar surface area (TPSA) is 237 Å². The maximum Gasteiger partial charge on any atom is 0.472 e. The van der Waals surface area contributed by atoms with Gasteiger partial charge >= 0.3 is 39.5 Å². The summed E-state index contributed by atoms with van der Waals surface area (Å²) in [6.45, 7) is 14.1. The second kappa shape index (κ2) is 59.8. The molecule has 0 aliphatic carbocycles. The number of esters is 4. The Balaban J connectivity index is 5.25. The highest BCUT2D eigenvalue weighted by atomic mass is 31.2. The van der Waals surface area contributed by atoms with Gasteiger partial charge < -0.3 is 33.8 Å². The number of phosphoric acid groups is 2. The third kappa shape index (κ3) is 62.0. The molecule has 528 valence electrons. The minimum atomic E-state index is -4.95. The van der Waals surface area contributed by atoms with Crippen LogP contribution in [0.15, 0.2) is 0 Å². The number of unbranched alkanes of at least 4 members (excludes halogenated alkanes) is 31. The molecule has 0 fully saturated rings. The summed E-state index contributed by atoms with van der Waals surface area (Å²) in [7, 11) is -9.90. The molecule has 0 rings (SSSR count). The molecular weight excluding hydrogens is 1170 g/mol. The summed E-state index contributed by atoms with van der Waals surface area (Å²) in [6.07, 6.45) is 41.7. The van der Waals surface area contributed by atoms with Gasteiger partial charge in [-0.05, 0) is 49.4 Å². The Labute approximate surface area is 543 Å². The summed E-state index contributed by atoms with van der Waals surface area (Å²) >= 11 is 0. The van der Waals surface area contributed by atoms with Gasteiger partial charge in [0.2, 0.25) is 0 Å². The molecule has 7 atom stereocenters. The Morgan fingerprint density at radius 2 is 0.539 bits per heavy atom. The van der Waals surface area contributed by atoms with Gasteiger partial charge in [0.1, 0.15) is 19.3 Å². The Kier molecular flexibility index (Phi) is 58.5. The minimum absolute atomic E-state index is 0.104. The van der Waals surface area contributed by atoms with Gasteiger partial charge in [0.25, 0.3) is 0 Å². The van der Waals surface area contributed by atoms with E-state index in [1.807, 2.05) is 0 Å². The third-order valence-electron chi connectivity index (χ3n) is 16.8. The highest BCUT2D eigenvalue weighted by Gasteiger charge is 2.30. The zero-order valence-corrected chi connectivity index (χ0v) is 59.8. The van der Waals surface area contributed by atoms with Crippen LogP contribution in [0.3, 0.4) is 0 Å². The highest BCUT2D eigenvalue weighted by Crippen LogP contribution is 2.45. The van der Waals surface area contributed by atoms with E-state index in [4.69, 9.17) is 37.0 Å². The van der Waals surface area contributed by atoms with E-state index in [9.17, 15) is 43.2 Å². The molecule has 0 aliphatic rings. The summed E-state index contributed by atoms with van der Waals surface area (Å²) in [5.74, 6) is 0.892. The van der Waals surface area contributed by atoms with Gasteiger partial charge in [0, 0.05) is 25.7 Å². The maximum absolute atomic E-state index is 13.0. The summed E-state index contributed by atoms with van der Waals surface area (Å²) in [4.78, 5) is 72.5. The largest absolute Gasteiger partial charge is 0.472 e. The SMILES string of the molecule is CCC(C)CCCCCCCCCCCCC(=O)OC[C@H](COP(=O)(O)OC[C@@H](O)COP(=O)(O)OC[C@@H](COC(=O)CCCCCCCCC(C)C)OC(=O)CCCCCCCCCCCCCC(C)C)OC(=O)CCCCCCCCCCC(C)CC. The average Bonchev–Trinajstić information content (AvgIpc) is 3.59. The van der Waals surface area contributed by atoms with E-state index in [1.165, 1.54) is 141 Å². The van der Waals surface area contributed by atoms with Gasteiger partial charge in [-0.15, -0.1) is 0 Å². The number of ether oxygens (including phenoxy) is 4. The van der Waals surface area contributed by atoms with E-state index in [2.05, 4.69) is 55.4 Å². The van der Waals surface area contributed by atoms with Crippen LogP contribution in [0.4, 0.5) is 0 Å². The number of phosphoric ester groups is 2. The van der Waals surface area contributed by atoms with E-state index >= 15 is 0 Å². The summed E-state index contributed by atoms with van der Waals surface area (Å²) < 4.78 is 68.3. The maximum atomic E-state index is 13.0. The van der Waals surface area contributed by atoms with Gasteiger partial charge in [-0.25, -0.2) is 9.13 Å².